The molecule has 82 valence electrons. The van der Waals surface area contributed by atoms with Gasteiger partial charge in [-0.05, 0) is 23.8 Å². The Morgan fingerprint density at radius 3 is 2.38 bits per heavy atom. The molecule has 0 fully saturated rings. The Balaban J connectivity index is 2.71. The second-order valence-corrected chi connectivity index (χ2v) is 2.87. The van der Waals surface area contributed by atoms with E-state index in [1.54, 1.807) is 24.3 Å². The fraction of sp³-hybridized carbons (Fsp3) is 0. The number of ether oxygens (including phenoxy) is 1. The summed E-state index contributed by atoms with van der Waals surface area (Å²) in [4.78, 5) is 21.1. The Kier molecular flexibility index (Phi) is 4.03. The lowest BCUT2D eigenvalue weighted by molar-refractivity contribution is -0.131. The molecule has 0 aliphatic heterocycles. The van der Waals surface area contributed by atoms with Crippen LogP contribution in [0.2, 0.25) is 0 Å². The fourth-order valence-corrected chi connectivity index (χ4v) is 0.972. The van der Waals surface area contributed by atoms with Crippen molar-refractivity contribution in [2.24, 2.45) is 0 Å². The largest absolute Gasteiger partial charge is 0.478 e. The molecule has 1 aromatic rings. The first-order chi connectivity index (χ1) is 7.61. The molecule has 0 spiro atoms. The number of hydrogen-bond acceptors (Lipinski definition) is 3. The third kappa shape index (κ3) is 3.79. The highest BCUT2D eigenvalue weighted by atomic mass is 16.5. The highest BCUT2D eigenvalue weighted by Gasteiger charge is 1.98. The summed E-state index contributed by atoms with van der Waals surface area (Å²) in [5, 5.41) is 8.41. The molecule has 0 saturated carbocycles. The number of carboxylic acids is 1. The average Bonchev–Trinajstić information content (AvgIpc) is 2.28. The second-order valence-electron chi connectivity index (χ2n) is 2.87. The lowest BCUT2D eigenvalue weighted by Crippen LogP contribution is -2.02. The van der Waals surface area contributed by atoms with Crippen molar-refractivity contribution in [3.63, 3.8) is 0 Å². The molecule has 0 saturated heterocycles. The van der Waals surface area contributed by atoms with Crippen LogP contribution in [-0.2, 0) is 9.59 Å². The van der Waals surface area contributed by atoms with E-state index in [4.69, 9.17) is 9.84 Å². The van der Waals surface area contributed by atoms with Gasteiger partial charge in [-0.2, -0.15) is 0 Å². The number of carbonyl (C=O) groups is 2. The van der Waals surface area contributed by atoms with E-state index < -0.39 is 11.9 Å². The predicted octanol–water partition coefficient (Wildman–Crippen LogP) is 1.88. The van der Waals surface area contributed by atoms with Crippen molar-refractivity contribution in [3.05, 3.63) is 48.6 Å². The Labute approximate surface area is 92.5 Å². The van der Waals surface area contributed by atoms with Crippen molar-refractivity contribution < 1.29 is 19.4 Å². The van der Waals surface area contributed by atoms with E-state index in [2.05, 4.69) is 6.58 Å². The highest BCUT2D eigenvalue weighted by Crippen LogP contribution is 2.13. The van der Waals surface area contributed by atoms with Crippen LogP contribution < -0.4 is 4.74 Å². The number of rotatable bonds is 4. The van der Waals surface area contributed by atoms with Crippen LogP contribution in [0, 0.1) is 0 Å². The minimum absolute atomic E-state index is 0.386. The maximum absolute atomic E-state index is 10.8. The van der Waals surface area contributed by atoms with E-state index in [0.29, 0.717) is 11.3 Å². The molecule has 1 rings (SSSR count). The van der Waals surface area contributed by atoms with Gasteiger partial charge >= 0.3 is 11.9 Å². The number of esters is 1. The number of carbonyl (C=O) groups excluding carboxylic acids is 1. The van der Waals surface area contributed by atoms with Crippen molar-refractivity contribution in [1.82, 2.24) is 0 Å². The molecule has 0 bridgehead atoms. The highest BCUT2D eigenvalue weighted by molar-refractivity contribution is 5.85. The van der Waals surface area contributed by atoms with Gasteiger partial charge in [0.15, 0.2) is 0 Å². The average molecular weight is 218 g/mol. The van der Waals surface area contributed by atoms with Crippen molar-refractivity contribution in [2.75, 3.05) is 0 Å². The third-order valence-electron chi connectivity index (χ3n) is 1.68. The van der Waals surface area contributed by atoms with Crippen LogP contribution in [0.1, 0.15) is 5.56 Å². The first-order valence-corrected chi connectivity index (χ1v) is 4.47. The molecule has 1 N–H and O–H groups in total. The van der Waals surface area contributed by atoms with E-state index in [0.717, 1.165) is 12.2 Å². The van der Waals surface area contributed by atoms with Crippen molar-refractivity contribution >= 4 is 18.0 Å². The number of hydrogen-bond donors (Lipinski definition) is 1. The molecular formula is C12H10O4. The molecule has 1 aromatic carbocycles. The summed E-state index contributed by atoms with van der Waals surface area (Å²) >= 11 is 0. The van der Waals surface area contributed by atoms with Crippen LogP contribution in [0.5, 0.6) is 5.75 Å². The van der Waals surface area contributed by atoms with Crippen LogP contribution in [0.15, 0.2) is 43.0 Å². The van der Waals surface area contributed by atoms with Gasteiger partial charge < -0.3 is 9.84 Å². The summed E-state index contributed by atoms with van der Waals surface area (Å²) in [5.74, 6) is -1.16. The summed E-state index contributed by atoms with van der Waals surface area (Å²) in [6, 6.07) is 6.43. The van der Waals surface area contributed by atoms with Gasteiger partial charge in [0.25, 0.3) is 0 Å². The van der Waals surface area contributed by atoms with Crippen LogP contribution >= 0.6 is 0 Å². The molecule has 0 atom stereocenters. The number of carboxylic acid groups (broad SMARTS) is 1. The molecule has 0 amide bonds. The summed E-state index contributed by atoms with van der Waals surface area (Å²) in [7, 11) is 0. The molecule has 0 aliphatic carbocycles. The minimum atomic E-state index is -1.01. The molecule has 0 heterocycles. The number of benzene rings is 1. The van der Waals surface area contributed by atoms with Gasteiger partial charge in [-0.15, -0.1) is 0 Å². The monoisotopic (exact) mass is 218 g/mol. The van der Waals surface area contributed by atoms with Crippen LogP contribution in [0.4, 0.5) is 0 Å². The zero-order valence-corrected chi connectivity index (χ0v) is 8.42. The topological polar surface area (TPSA) is 63.6 Å². The minimum Gasteiger partial charge on any atom is -0.478 e. The first-order valence-electron chi connectivity index (χ1n) is 4.47. The molecular weight excluding hydrogens is 208 g/mol. The smallest absolute Gasteiger partial charge is 0.335 e. The van der Waals surface area contributed by atoms with Crippen LogP contribution in [0.3, 0.4) is 0 Å². The third-order valence-corrected chi connectivity index (χ3v) is 1.68. The van der Waals surface area contributed by atoms with Gasteiger partial charge in [0.05, 0.1) is 0 Å². The van der Waals surface area contributed by atoms with E-state index in [1.807, 2.05) is 0 Å². The normalized spacial score (nSPS) is 10.0. The Morgan fingerprint density at radius 1 is 1.25 bits per heavy atom. The van der Waals surface area contributed by atoms with Gasteiger partial charge in [0.1, 0.15) is 5.75 Å². The van der Waals surface area contributed by atoms with Gasteiger partial charge in [-0.25, -0.2) is 9.59 Å². The van der Waals surface area contributed by atoms with Gasteiger partial charge in [-0.1, -0.05) is 18.7 Å². The molecule has 0 aromatic heterocycles. The van der Waals surface area contributed by atoms with E-state index in [1.165, 1.54) is 6.08 Å². The Morgan fingerprint density at radius 2 is 1.88 bits per heavy atom. The maximum Gasteiger partial charge on any atom is 0.335 e. The first kappa shape index (κ1) is 11.7. The lowest BCUT2D eigenvalue weighted by Gasteiger charge is -2.00. The van der Waals surface area contributed by atoms with Crippen molar-refractivity contribution in [1.29, 1.82) is 0 Å². The molecule has 16 heavy (non-hydrogen) atoms. The molecule has 4 heteroatoms. The molecule has 0 unspecified atom stereocenters. The number of aliphatic carboxylic acids is 1. The summed E-state index contributed by atoms with van der Waals surface area (Å²) in [6.45, 7) is 3.27. The lowest BCUT2D eigenvalue weighted by atomic mass is 10.2. The maximum atomic E-state index is 10.8. The van der Waals surface area contributed by atoms with Gasteiger partial charge in [-0.3, -0.25) is 0 Å². The predicted molar refractivity (Wildman–Crippen MR) is 58.9 cm³/mol. The van der Waals surface area contributed by atoms with Gasteiger partial charge in [0.2, 0.25) is 0 Å². The van der Waals surface area contributed by atoms with Crippen LogP contribution in [0.25, 0.3) is 6.08 Å². The summed E-state index contributed by atoms with van der Waals surface area (Å²) in [5.41, 5.74) is 0.709. The Bertz CT molecular complexity index is 429. The van der Waals surface area contributed by atoms with Gasteiger partial charge in [0, 0.05) is 12.2 Å². The molecule has 4 nitrogen and oxygen atoms in total. The van der Waals surface area contributed by atoms with E-state index >= 15 is 0 Å². The van der Waals surface area contributed by atoms with E-state index in [-0.39, 0.29) is 0 Å². The summed E-state index contributed by atoms with van der Waals surface area (Å²) < 4.78 is 4.85. The van der Waals surface area contributed by atoms with Crippen molar-refractivity contribution in [3.8, 4) is 5.75 Å². The zero-order chi connectivity index (χ0) is 12.0. The second kappa shape index (κ2) is 5.50. The molecule has 0 aliphatic rings. The Hall–Kier alpha value is -2.36. The quantitative estimate of drug-likeness (QED) is 0.476. The van der Waals surface area contributed by atoms with E-state index in [9.17, 15) is 9.59 Å². The molecule has 0 radical (unpaired) electrons. The zero-order valence-electron chi connectivity index (χ0n) is 8.42. The van der Waals surface area contributed by atoms with Crippen molar-refractivity contribution in [2.45, 2.75) is 0 Å². The standard InChI is InChI=1S/C12H10O4/c1-2-12(15)16-10-6-3-9(4-7-10)5-8-11(13)14/h2-8H,1H2,(H,13,14). The van der Waals surface area contributed by atoms with Crippen LogP contribution in [-0.4, -0.2) is 17.0 Å². The summed E-state index contributed by atoms with van der Waals surface area (Å²) in [6.07, 6.45) is 3.55. The SMILES string of the molecule is C=CC(=O)Oc1ccc(C=CC(=O)O)cc1. The fourth-order valence-electron chi connectivity index (χ4n) is 0.972.